The molecule has 0 aromatic heterocycles. The average Bonchev–Trinajstić information content (AvgIpc) is 2.64. The van der Waals surface area contributed by atoms with Gasteiger partial charge >= 0.3 is 0 Å². The third-order valence-corrected chi connectivity index (χ3v) is 3.90. The van der Waals surface area contributed by atoms with Crippen molar-refractivity contribution in [3.8, 4) is 11.5 Å². The number of amides is 2. The van der Waals surface area contributed by atoms with Crippen molar-refractivity contribution < 1.29 is 19.1 Å². The summed E-state index contributed by atoms with van der Waals surface area (Å²) in [4.78, 5) is 23.9. The molecule has 2 aromatic rings. The van der Waals surface area contributed by atoms with Gasteiger partial charge in [-0.05, 0) is 36.8 Å². The van der Waals surface area contributed by atoms with Gasteiger partial charge in [0, 0.05) is 11.4 Å². The quantitative estimate of drug-likeness (QED) is 0.553. The summed E-state index contributed by atoms with van der Waals surface area (Å²) in [7, 11) is 1.47. The lowest BCUT2D eigenvalue weighted by molar-refractivity contribution is -0.122. The number of hydrogen-bond acceptors (Lipinski definition) is 4. The zero-order valence-electron chi connectivity index (χ0n) is 14.1. The highest BCUT2D eigenvalue weighted by molar-refractivity contribution is 6.35. The van der Waals surface area contributed by atoms with Crippen LogP contribution in [0.25, 0.3) is 0 Å². The normalized spacial score (nSPS) is 10.1. The lowest BCUT2D eigenvalue weighted by atomic mass is 10.2. The Kier molecular flexibility index (Phi) is 7.56. The van der Waals surface area contributed by atoms with E-state index in [0.29, 0.717) is 40.1 Å². The second kappa shape index (κ2) is 9.89. The molecule has 2 N–H and O–H groups in total. The number of para-hydroxylation sites is 1. The number of hydrazine groups is 1. The molecule has 2 amide bonds. The molecule has 0 aliphatic rings. The highest BCUT2D eigenvalue weighted by Gasteiger charge is 2.12. The fourth-order valence-corrected chi connectivity index (χ4v) is 2.56. The first-order valence-electron chi connectivity index (χ1n) is 7.81. The Labute approximate surface area is 161 Å². The smallest absolute Gasteiger partial charge is 0.273 e. The van der Waals surface area contributed by atoms with E-state index in [2.05, 4.69) is 10.9 Å². The van der Waals surface area contributed by atoms with Gasteiger partial charge in [-0.1, -0.05) is 35.3 Å². The minimum Gasteiger partial charge on any atom is -0.496 e. The van der Waals surface area contributed by atoms with Gasteiger partial charge in [-0.3, -0.25) is 20.4 Å². The maximum Gasteiger partial charge on any atom is 0.273 e. The third-order valence-electron chi connectivity index (χ3n) is 3.37. The maximum absolute atomic E-state index is 12.1. The minimum atomic E-state index is -0.458. The lowest BCUT2D eigenvalue weighted by Crippen LogP contribution is -2.41. The highest BCUT2D eigenvalue weighted by atomic mass is 35.5. The summed E-state index contributed by atoms with van der Waals surface area (Å²) in [6.45, 7) is 0.301. The van der Waals surface area contributed by atoms with E-state index in [-0.39, 0.29) is 12.3 Å². The molecule has 0 spiro atoms. The predicted molar refractivity (Wildman–Crippen MR) is 99.8 cm³/mol. The molecule has 0 atom stereocenters. The van der Waals surface area contributed by atoms with E-state index in [1.54, 1.807) is 42.5 Å². The Morgan fingerprint density at radius 3 is 2.54 bits per heavy atom. The first-order chi connectivity index (χ1) is 12.5. The van der Waals surface area contributed by atoms with Crippen LogP contribution in [-0.4, -0.2) is 25.5 Å². The standard InChI is InChI=1S/C18H18Cl2N2O4/c1-25-15-6-3-2-5-13(15)18(24)22-21-17(23)7-4-10-26-16-9-8-12(19)11-14(16)20/h2-3,5-6,8-9,11H,4,7,10H2,1H3,(H,21,23)(H,22,24). The monoisotopic (exact) mass is 396 g/mol. The van der Waals surface area contributed by atoms with Crippen LogP contribution in [0.4, 0.5) is 0 Å². The van der Waals surface area contributed by atoms with E-state index in [9.17, 15) is 9.59 Å². The number of rotatable bonds is 7. The van der Waals surface area contributed by atoms with Gasteiger partial charge in [-0.25, -0.2) is 0 Å². The van der Waals surface area contributed by atoms with Gasteiger partial charge in [0.2, 0.25) is 5.91 Å². The van der Waals surface area contributed by atoms with Crippen molar-refractivity contribution in [1.82, 2.24) is 10.9 Å². The summed E-state index contributed by atoms with van der Waals surface area (Å²) >= 11 is 11.8. The molecule has 0 radical (unpaired) electrons. The molecule has 0 saturated carbocycles. The molecule has 0 bridgehead atoms. The summed E-state index contributed by atoms with van der Waals surface area (Å²) in [6, 6.07) is 11.6. The van der Waals surface area contributed by atoms with Crippen LogP contribution in [0.15, 0.2) is 42.5 Å². The Hall–Kier alpha value is -2.44. The van der Waals surface area contributed by atoms with Crippen molar-refractivity contribution in [2.24, 2.45) is 0 Å². The molecule has 0 heterocycles. The van der Waals surface area contributed by atoms with Crippen molar-refractivity contribution in [2.75, 3.05) is 13.7 Å². The van der Waals surface area contributed by atoms with E-state index in [1.807, 2.05) is 0 Å². The number of hydrogen-bond donors (Lipinski definition) is 2. The number of methoxy groups -OCH3 is 1. The average molecular weight is 397 g/mol. The van der Waals surface area contributed by atoms with Crippen LogP contribution in [0.2, 0.25) is 10.0 Å². The lowest BCUT2D eigenvalue weighted by Gasteiger charge is -2.11. The van der Waals surface area contributed by atoms with Gasteiger partial charge in [0.15, 0.2) is 0 Å². The predicted octanol–water partition coefficient (Wildman–Crippen LogP) is 3.62. The minimum absolute atomic E-state index is 0.178. The summed E-state index contributed by atoms with van der Waals surface area (Å²) in [5.41, 5.74) is 5.04. The van der Waals surface area contributed by atoms with Crippen LogP contribution >= 0.6 is 23.2 Å². The van der Waals surface area contributed by atoms with Gasteiger partial charge in [-0.2, -0.15) is 0 Å². The van der Waals surface area contributed by atoms with Gasteiger partial charge in [0.25, 0.3) is 5.91 Å². The van der Waals surface area contributed by atoms with E-state index in [0.717, 1.165) is 0 Å². The Morgan fingerprint density at radius 1 is 1.04 bits per heavy atom. The fourth-order valence-electron chi connectivity index (χ4n) is 2.10. The van der Waals surface area contributed by atoms with Crippen LogP contribution in [0.1, 0.15) is 23.2 Å². The van der Waals surface area contributed by atoms with E-state index < -0.39 is 5.91 Å². The molecule has 2 rings (SSSR count). The van der Waals surface area contributed by atoms with Crippen molar-refractivity contribution in [3.05, 3.63) is 58.1 Å². The van der Waals surface area contributed by atoms with Crippen LogP contribution in [0.3, 0.4) is 0 Å². The maximum atomic E-state index is 12.1. The van der Waals surface area contributed by atoms with E-state index in [4.69, 9.17) is 32.7 Å². The molecule has 26 heavy (non-hydrogen) atoms. The number of benzene rings is 2. The summed E-state index contributed by atoms with van der Waals surface area (Å²) < 4.78 is 10.6. The number of ether oxygens (including phenoxy) is 2. The van der Waals surface area contributed by atoms with Gasteiger partial charge in [0.05, 0.1) is 24.3 Å². The molecule has 0 fully saturated rings. The molecule has 0 aliphatic carbocycles. The molecule has 138 valence electrons. The second-order valence-corrected chi connectivity index (χ2v) is 6.07. The summed E-state index contributed by atoms with van der Waals surface area (Å²) in [5, 5.41) is 0.929. The van der Waals surface area contributed by atoms with Gasteiger partial charge in [-0.15, -0.1) is 0 Å². The Balaban J connectivity index is 1.71. The number of carbonyl (C=O) groups excluding carboxylic acids is 2. The van der Waals surface area contributed by atoms with Gasteiger partial charge in [0.1, 0.15) is 11.5 Å². The Bertz CT molecular complexity index is 784. The topological polar surface area (TPSA) is 76.7 Å². The van der Waals surface area contributed by atoms with Crippen LogP contribution < -0.4 is 20.3 Å². The third kappa shape index (κ3) is 5.82. The number of halogens is 2. The van der Waals surface area contributed by atoms with Crippen molar-refractivity contribution in [1.29, 1.82) is 0 Å². The van der Waals surface area contributed by atoms with Gasteiger partial charge < -0.3 is 9.47 Å². The molecule has 2 aromatic carbocycles. The number of carbonyl (C=O) groups is 2. The van der Waals surface area contributed by atoms with E-state index >= 15 is 0 Å². The zero-order valence-corrected chi connectivity index (χ0v) is 15.6. The van der Waals surface area contributed by atoms with Crippen molar-refractivity contribution >= 4 is 35.0 Å². The highest BCUT2D eigenvalue weighted by Crippen LogP contribution is 2.27. The molecule has 8 heteroatoms. The zero-order chi connectivity index (χ0) is 18.9. The van der Waals surface area contributed by atoms with Crippen LogP contribution in [0.5, 0.6) is 11.5 Å². The molecule has 0 unspecified atom stereocenters. The summed E-state index contributed by atoms with van der Waals surface area (Å²) in [6.07, 6.45) is 0.632. The fraction of sp³-hybridized carbons (Fsp3) is 0.222. The van der Waals surface area contributed by atoms with Crippen molar-refractivity contribution in [3.63, 3.8) is 0 Å². The molecule has 0 aliphatic heterocycles. The van der Waals surface area contributed by atoms with Crippen LogP contribution in [0, 0.1) is 0 Å². The first kappa shape index (κ1) is 19.9. The molecule has 6 nitrogen and oxygen atoms in total. The van der Waals surface area contributed by atoms with E-state index in [1.165, 1.54) is 7.11 Å². The van der Waals surface area contributed by atoms with Crippen molar-refractivity contribution in [2.45, 2.75) is 12.8 Å². The molecular formula is C18H18Cl2N2O4. The molecule has 0 saturated heterocycles. The SMILES string of the molecule is COc1ccccc1C(=O)NNC(=O)CCCOc1ccc(Cl)cc1Cl. The summed E-state index contributed by atoms with van der Waals surface area (Å²) in [5.74, 6) is 0.132. The van der Waals surface area contributed by atoms with Crippen LogP contribution in [-0.2, 0) is 4.79 Å². The molecular weight excluding hydrogens is 379 g/mol. The number of nitrogens with one attached hydrogen (secondary N) is 2. The first-order valence-corrected chi connectivity index (χ1v) is 8.57. The largest absolute Gasteiger partial charge is 0.496 e. The Morgan fingerprint density at radius 2 is 1.81 bits per heavy atom. The second-order valence-electron chi connectivity index (χ2n) is 5.23.